The first kappa shape index (κ1) is 30.0. The molecule has 0 atom stereocenters. The summed E-state index contributed by atoms with van der Waals surface area (Å²) in [5.74, 6) is 5.33. The number of carboxylic acid groups (broad SMARTS) is 1. The van der Waals surface area contributed by atoms with Crippen LogP contribution in [0.1, 0.15) is 31.9 Å². The molecule has 0 spiro atoms. The maximum Gasteiger partial charge on any atom is 0.353 e. The number of benzene rings is 2. The van der Waals surface area contributed by atoms with Crippen LogP contribution in [0.2, 0.25) is 10.0 Å². The highest BCUT2D eigenvalue weighted by atomic mass is 35.5. The Bertz CT molecular complexity index is 1080. The molecule has 2 rings (SSSR count). The molecule has 0 radical (unpaired) electrons. The minimum atomic E-state index is -1.11. The smallest absolute Gasteiger partial charge is 0.353 e. The van der Waals surface area contributed by atoms with E-state index in [2.05, 4.69) is 9.99 Å². The molecule has 0 aliphatic carbocycles. The first-order chi connectivity index (χ1) is 16.6. The molecule has 2 aromatic rings. The van der Waals surface area contributed by atoms with Gasteiger partial charge in [-0.25, -0.2) is 10.7 Å². The van der Waals surface area contributed by atoms with Gasteiger partial charge in [0, 0.05) is 21.2 Å². The number of ether oxygens (including phenoxy) is 2. The Labute approximate surface area is 215 Å². The van der Waals surface area contributed by atoms with Gasteiger partial charge in [-0.2, -0.15) is 0 Å². The number of nitrogens with zero attached hydrogens (tertiary/aromatic N) is 1. The summed E-state index contributed by atoms with van der Waals surface area (Å²) in [7, 11) is 3.20. The maximum atomic E-state index is 10.5. The van der Waals surface area contributed by atoms with E-state index >= 15 is 0 Å². The van der Waals surface area contributed by atoms with Gasteiger partial charge in [0.15, 0.2) is 5.71 Å². The van der Waals surface area contributed by atoms with Gasteiger partial charge in [-0.1, -0.05) is 34.4 Å². The van der Waals surface area contributed by atoms with Crippen molar-refractivity contribution in [3.05, 3.63) is 69.7 Å². The van der Waals surface area contributed by atoms with Gasteiger partial charge in [-0.3, -0.25) is 0 Å². The molecule has 0 aromatic heterocycles. The van der Waals surface area contributed by atoms with Crippen LogP contribution in [-0.2, 0) is 14.5 Å². The van der Waals surface area contributed by atoms with Crippen LogP contribution >= 0.6 is 23.2 Å². The summed E-state index contributed by atoms with van der Waals surface area (Å²) in [6.07, 6.45) is 3.64. The van der Waals surface area contributed by atoms with E-state index < -0.39 is 5.97 Å². The lowest BCUT2D eigenvalue weighted by atomic mass is 10.1. The lowest BCUT2D eigenvalue weighted by molar-refractivity contribution is -0.129. The van der Waals surface area contributed by atoms with E-state index in [1.54, 1.807) is 44.6 Å². The van der Waals surface area contributed by atoms with Crippen molar-refractivity contribution < 1.29 is 29.0 Å². The van der Waals surface area contributed by atoms with Crippen LogP contribution in [0.15, 0.2) is 53.7 Å². The Morgan fingerprint density at radius 3 is 1.77 bits per heavy atom. The molecule has 2 aromatic carbocycles. The molecule has 0 aliphatic rings. The Hall–Kier alpha value is -3.04. The summed E-state index contributed by atoms with van der Waals surface area (Å²) < 4.78 is 10.5. The monoisotopic (exact) mass is 524 g/mol. The zero-order valence-corrected chi connectivity index (χ0v) is 21.8. The van der Waals surface area contributed by atoms with Crippen molar-refractivity contribution in [2.24, 2.45) is 11.1 Å². The number of carbonyl (C=O) groups is 1. The summed E-state index contributed by atoms with van der Waals surface area (Å²) in [4.78, 5) is 19.9. The first-order valence-corrected chi connectivity index (χ1v) is 11.1. The average Bonchev–Trinajstić information content (AvgIpc) is 2.85. The Kier molecular flexibility index (Phi) is 13.5. The molecule has 0 unspecified atom stereocenters. The molecular weight excluding hydrogens is 495 g/mol. The fourth-order valence-electron chi connectivity index (χ4n) is 2.71. The Morgan fingerprint density at radius 1 is 0.914 bits per heavy atom. The third-order valence-corrected chi connectivity index (χ3v) is 5.10. The molecule has 8 nitrogen and oxygen atoms in total. The fraction of sp³-hybridized carbons (Fsp3) is 0.280. The minimum Gasteiger partial charge on any atom is -0.496 e. The van der Waals surface area contributed by atoms with E-state index in [1.807, 2.05) is 32.1 Å². The van der Waals surface area contributed by atoms with Crippen LogP contribution in [-0.4, -0.2) is 44.2 Å². The van der Waals surface area contributed by atoms with Crippen molar-refractivity contribution in [2.45, 2.75) is 20.8 Å². The number of nitrogens with two attached hydrogens (primary N) is 1. The Balaban J connectivity index is 0.000000365. The van der Waals surface area contributed by atoms with Crippen LogP contribution in [0, 0.1) is 0 Å². The number of aliphatic carboxylic acids is 1. The van der Waals surface area contributed by atoms with Crippen molar-refractivity contribution in [1.82, 2.24) is 0 Å². The number of rotatable bonds is 10. The molecule has 0 heterocycles. The van der Waals surface area contributed by atoms with E-state index in [0.29, 0.717) is 22.4 Å². The second-order valence-electron chi connectivity index (χ2n) is 7.07. The van der Waals surface area contributed by atoms with Gasteiger partial charge in [-0.15, -0.1) is 0 Å². The van der Waals surface area contributed by atoms with Crippen LogP contribution < -0.4 is 15.4 Å². The van der Waals surface area contributed by atoms with E-state index in [1.165, 1.54) is 6.92 Å². The summed E-state index contributed by atoms with van der Waals surface area (Å²) >= 11 is 11.9. The predicted molar refractivity (Wildman–Crippen MR) is 140 cm³/mol. The highest BCUT2D eigenvalue weighted by molar-refractivity contribution is 6.34. The molecule has 190 valence electrons. The normalized spacial score (nSPS) is 11.9. The van der Waals surface area contributed by atoms with Gasteiger partial charge in [0.25, 0.3) is 0 Å². The molecule has 35 heavy (non-hydrogen) atoms. The Morgan fingerprint density at radius 2 is 1.37 bits per heavy atom. The summed E-state index contributed by atoms with van der Waals surface area (Å²) in [5.41, 5.74) is 3.60. The molecule has 0 fully saturated rings. The van der Waals surface area contributed by atoms with Crippen molar-refractivity contribution in [1.29, 1.82) is 0 Å². The minimum absolute atomic E-state index is 0.101. The lowest BCUT2D eigenvalue weighted by Crippen LogP contribution is -2.08. The largest absolute Gasteiger partial charge is 0.496 e. The summed E-state index contributed by atoms with van der Waals surface area (Å²) in [6, 6.07) is 10.8. The second kappa shape index (κ2) is 15.8. The molecule has 0 saturated heterocycles. The van der Waals surface area contributed by atoms with Crippen LogP contribution in [0.4, 0.5) is 0 Å². The number of hydrogen-bond donors (Lipinski definition) is 2. The van der Waals surface area contributed by atoms with Gasteiger partial charge >= 0.3 is 5.97 Å². The molecule has 10 heteroatoms. The molecule has 0 aliphatic heterocycles. The lowest BCUT2D eigenvalue weighted by Gasteiger charge is -2.09. The fourth-order valence-corrected chi connectivity index (χ4v) is 3.05. The molecule has 3 N–H and O–H groups in total. The van der Waals surface area contributed by atoms with Gasteiger partial charge in [0.1, 0.15) is 18.1 Å². The van der Waals surface area contributed by atoms with Crippen molar-refractivity contribution in [3.8, 4) is 11.5 Å². The zero-order valence-electron chi connectivity index (χ0n) is 20.3. The van der Waals surface area contributed by atoms with E-state index in [-0.39, 0.29) is 12.3 Å². The standard InChI is InChI=1S/C14H16ClNO4.C11H14ClNO2/c1-9(6-7-20-16-10(2)14(17)18)12-8-11(15)4-5-13(12)19-3;1-8(5-6-15-13)10-7-9(12)3-4-11(10)14-2/h4-6,8H,7H2,1-3H3,(H,17,18);3-5,7H,6,13H2,1-2H3/b9-6+,16-10-;8-5+. The van der Waals surface area contributed by atoms with Crippen LogP contribution in [0.5, 0.6) is 11.5 Å². The quantitative estimate of drug-likeness (QED) is 0.227. The summed E-state index contributed by atoms with van der Waals surface area (Å²) in [6.45, 7) is 5.71. The van der Waals surface area contributed by atoms with Gasteiger partial charge in [-0.05, 0) is 74.4 Å². The number of allylic oxidation sites excluding steroid dienone is 2. The topological polar surface area (TPSA) is 113 Å². The van der Waals surface area contributed by atoms with E-state index in [4.69, 9.17) is 48.5 Å². The third kappa shape index (κ3) is 10.4. The first-order valence-electron chi connectivity index (χ1n) is 10.4. The highest BCUT2D eigenvalue weighted by Crippen LogP contribution is 2.29. The SMILES string of the molecule is COc1ccc(Cl)cc1/C(C)=C/CO/N=C(/C)C(=O)O.COc1ccc(Cl)cc1/C(C)=C/CON. The number of oxime groups is 1. The summed E-state index contributed by atoms with van der Waals surface area (Å²) in [5, 5.41) is 13.4. The zero-order chi connectivity index (χ0) is 26.4. The van der Waals surface area contributed by atoms with E-state index in [0.717, 1.165) is 28.0 Å². The number of carboxylic acids is 1. The predicted octanol–water partition coefficient (Wildman–Crippen LogP) is 5.87. The maximum absolute atomic E-state index is 10.5. The molecule has 0 amide bonds. The molecule has 0 saturated carbocycles. The van der Waals surface area contributed by atoms with Gasteiger partial charge in [0.2, 0.25) is 0 Å². The third-order valence-electron chi connectivity index (χ3n) is 4.63. The number of methoxy groups -OCH3 is 2. The molecular formula is C25H30Cl2N2O6. The second-order valence-corrected chi connectivity index (χ2v) is 7.95. The highest BCUT2D eigenvalue weighted by Gasteiger charge is 2.07. The van der Waals surface area contributed by atoms with Gasteiger partial charge in [0.05, 0.1) is 20.8 Å². The van der Waals surface area contributed by atoms with Gasteiger partial charge < -0.3 is 24.3 Å². The van der Waals surface area contributed by atoms with Crippen molar-refractivity contribution >= 4 is 46.0 Å². The van der Waals surface area contributed by atoms with Crippen LogP contribution in [0.3, 0.4) is 0 Å². The van der Waals surface area contributed by atoms with Crippen molar-refractivity contribution in [3.63, 3.8) is 0 Å². The average molecular weight is 525 g/mol. The van der Waals surface area contributed by atoms with Crippen LogP contribution in [0.25, 0.3) is 11.1 Å². The molecule has 0 bridgehead atoms. The van der Waals surface area contributed by atoms with E-state index in [9.17, 15) is 4.79 Å². The number of hydrogen-bond acceptors (Lipinski definition) is 7. The van der Waals surface area contributed by atoms with Crippen molar-refractivity contribution in [2.75, 3.05) is 27.4 Å². The number of halogens is 2.